The van der Waals surface area contributed by atoms with E-state index in [0.29, 0.717) is 12.3 Å². The average molecular weight is 444 g/mol. The molecule has 0 bridgehead atoms. The third kappa shape index (κ3) is 29.1. The van der Waals surface area contributed by atoms with Gasteiger partial charge in [0.05, 0.1) is 0 Å². The summed E-state index contributed by atoms with van der Waals surface area (Å²) in [6.07, 6.45) is 11.5. The molecule has 0 aromatic heterocycles. The van der Waals surface area contributed by atoms with Crippen molar-refractivity contribution in [2.75, 3.05) is 19.8 Å². The fourth-order valence-electron chi connectivity index (χ4n) is 2.71. The second-order valence-corrected chi connectivity index (χ2v) is 8.99. The first-order valence-corrected chi connectivity index (χ1v) is 13.1. The lowest BCUT2D eigenvalue weighted by atomic mass is 9.96. The molecule has 0 saturated carbocycles. The molecular weight excluding hydrogens is 386 g/mol. The average Bonchev–Trinajstić information content (AvgIpc) is 2.80. The molecule has 0 aromatic rings. The molecule has 1 amide bonds. The van der Waals surface area contributed by atoms with Gasteiger partial charge in [-0.05, 0) is 37.0 Å². The Balaban J connectivity index is -0.000000367. The van der Waals surface area contributed by atoms with E-state index in [9.17, 15) is 9.59 Å². The van der Waals surface area contributed by atoms with Crippen molar-refractivity contribution < 1.29 is 14.3 Å². The summed E-state index contributed by atoms with van der Waals surface area (Å²) < 4.78 is 5.04. The first kappa shape index (κ1) is 34.7. The number of ether oxygens (including phenoxy) is 1. The van der Waals surface area contributed by atoms with E-state index in [2.05, 4.69) is 46.9 Å². The number of carbonyl (C=O) groups excluding carboxylic acids is 2. The highest BCUT2D eigenvalue weighted by Gasteiger charge is 2.11. The lowest BCUT2D eigenvalue weighted by Crippen LogP contribution is -2.26. The second kappa shape index (κ2) is 27.1. The summed E-state index contributed by atoms with van der Waals surface area (Å²) in [6.45, 7) is 21.8. The molecule has 1 aliphatic heterocycles. The van der Waals surface area contributed by atoms with Gasteiger partial charge in [-0.3, -0.25) is 4.79 Å². The largest absolute Gasteiger partial charge is 0.381 e. The van der Waals surface area contributed by atoms with E-state index >= 15 is 0 Å². The maximum atomic E-state index is 10.8. The third-order valence-electron chi connectivity index (χ3n) is 5.43. The highest BCUT2D eigenvalue weighted by atomic mass is 16.5. The van der Waals surface area contributed by atoms with Gasteiger partial charge in [-0.2, -0.15) is 0 Å². The van der Waals surface area contributed by atoms with Gasteiger partial charge in [0.15, 0.2) is 0 Å². The molecule has 1 rings (SSSR count). The van der Waals surface area contributed by atoms with Crippen LogP contribution < -0.4 is 5.32 Å². The van der Waals surface area contributed by atoms with Gasteiger partial charge in [-0.25, -0.2) is 0 Å². The van der Waals surface area contributed by atoms with Gasteiger partial charge in [0, 0.05) is 32.1 Å². The Morgan fingerprint density at radius 1 is 0.968 bits per heavy atom. The van der Waals surface area contributed by atoms with Crippen LogP contribution in [0.1, 0.15) is 120 Å². The van der Waals surface area contributed by atoms with Crippen LogP contribution in [0.5, 0.6) is 0 Å². The molecule has 4 nitrogen and oxygen atoms in total. The van der Waals surface area contributed by atoms with Crippen molar-refractivity contribution in [1.29, 1.82) is 0 Å². The van der Waals surface area contributed by atoms with Crippen molar-refractivity contribution in [3.05, 3.63) is 0 Å². The fourth-order valence-corrected chi connectivity index (χ4v) is 2.71. The summed E-state index contributed by atoms with van der Waals surface area (Å²) in [6, 6.07) is 0. The number of aldehydes is 1. The molecule has 31 heavy (non-hydrogen) atoms. The van der Waals surface area contributed by atoms with E-state index in [-0.39, 0.29) is 11.8 Å². The molecule has 2 atom stereocenters. The predicted molar refractivity (Wildman–Crippen MR) is 136 cm³/mol. The van der Waals surface area contributed by atoms with E-state index in [4.69, 9.17) is 4.74 Å². The number of carbonyl (C=O) groups is 2. The zero-order chi connectivity index (χ0) is 24.5. The van der Waals surface area contributed by atoms with Crippen LogP contribution in [0.4, 0.5) is 0 Å². The predicted octanol–water partition coefficient (Wildman–Crippen LogP) is 7.45. The Kier molecular flexibility index (Phi) is 30.4. The van der Waals surface area contributed by atoms with Gasteiger partial charge < -0.3 is 14.8 Å². The van der Waals surface area contributed by atoms with Crippen LogP contribution in [-0.4, -0.2) is 32.0 Å². The highest BCUT2D eigenvalue weighted by molar-refractivity contribution is 5.75. The van der Waals surface area contributed by atoms with Crippen LogP contribution in [0.25, 0.3) is 0 Å². The lowest BCUT2D eigenvalue weighted by molar-refractivity contribution is -0.121. The smallest absolute Gasteiger partial charge is 0.219 e. The number of amides is 1. The van der Waals surface area contributed by atoms with E-state index in [1.165, 1.54) is 32.1 Å². The number of rotatable bonds is 11. The molecule has 188 valence electrons. The Morgan fingerprint density at radius 2 is 1.45 bits per heavy atom. The third-order valence-corrected chi connectivity index (χ3v) is 5.43. The topological polar surface area (TPSA) is 55.4 Å². The molecule has 2 unspecified atom stereocenters. The number of hydrogen-bond acceptors (Lipinski definition) is 3. The SMILES string of the molecule is CC.CCC(C)CCCC(C)CC.CCCC(=O)NCC(C)C.O=CC1CCOCC1. The van der Waals surface area contributed by atoms with E-state index in [1.807, 2.05) is 20.8 Å². The minimum absolute atomic E-state index is 0.177. The number of hydrogen-bond donors (Lipinski definition) is 1. The molecule has 1 saturated heterocycles. The maximum absolute atomic E-state index is 10.8. The minimum atomic E-state index is 0.177. The van der Waals surface area contributed by atoms with Gasteiger partial charge in [0.1, 0.15) is 6.29 Å². The highest BCUT2D eigenvalue weighted by Crippen LogP contribution is 2.16. The van der Waals surface area contributed by atoms with Crippen molar-refractivity contribution in [2.45, 2.75) is 120 Å². The van der Waals surface area contributed by atoms with Crippen molar-refractivity contribution in [1.82, 2.24) is 5.32 Å². The Morgan fingerprint density at radius 3 is 1.77 bits per heavy atom. The number of nitrogens with one attached hydrogen (secondary N) is 1. The van der Waals surface area contributed by atoms with Gasteiger partial charge >= 0.3 is 0 Å². The van der Waals surface area contributed by atoms with Crippen molar-refractivity contribution in [3.8, 4) is 0 Å². The van der Waals surface area contributed by atoms with Crippen LogP contribution in [0, 0.1) is 23.7 Å². The second-order valence-electron chi connectivity index (χ2n) is 8.99. The molecule has 1 heterocycles. The summed E-state index contributed by atoms with van der Waals surface area (Å²) in [5.41, 5.74) is 0. The van der Waals surface area contributed by atoms with Crippen LogP contribution in [0.2, 0.25) is 0 Å². The molecule has 4 heteroatoms. The fraction of sp³-hybridized carbons (Fsp3) is 0.926. The molecule has 0 radical (unpaired) electrons. The van der Waals surface area contributed by atoms with Crippen LogP contribution in [-0.2, 0) is 14.3 Å². The quantitative estimate of drug-likeness (QED) is 0.337. The van der Waals surface area contributed by atoms with Crippen molar-refractivity contribution in [3.63, 3.8) is 0 Å². The molecule has 0 aromatic carbocycles. The van der Waals surface area contributed by atoms with Crippen molar-refractivity contribution in [2.24, 2.45) is 23.7 Å². The first-order valence-electron chi connectivity index (χ1n) is 13.1. The van der Waals surface area contributed by atoms with Crippen molar-refractivity contribution >= 4 is 12.2 Å². The summed E-state index contributed by atoms with van der Waals surface area (Å²) in [4.78, 5) is 20.9. The molecule has 0 spiro atoms. The van der Waals surface area contributed by atoms with E-state index in [0.717, 1.165) is 57.1 Å². The summed E-state index contributed by atoms with van der Waals surface area (Å²) in [7, 11) is 0. The molecule has 1 fully saturated rings. The minimum Gasteiger partial charge on any atom is -0.381 e. The van der Waals surface area contributed by atoms with E-state index < -0.39 is 0 Å². The summed E-state index contributed by atoms with van der Waals surface area (Å²) >= 11 is 0. The zero-order valence-corrected chi connectivity index (χ0v) is 22.6. The zero-order valence-electron chi connectivity index (χ0n) is 22.6. The maximum Gasteiger partial charge on any atom is 0.219 e. The monoisotopic (exact) mass is 443 g/mol. The van der Waals surface area contributed by atoms with Gasteiger partial charge in [0.2, 0.25) is 5.91 Å². The Labute approximate surface area is 195 Å². The first-order chi connectivity index (χ1) is 14.8. The molecule has 0 aliphatic carbocycles. The van der Waals surface area contributed by atoms with Gasteiger partial charge in [-0.15, -0.1) is 0 Å². The van der Waals surface area contributed by atoms with E-state index in [1.54, 1.807) is 0 Å². The summed E-state index contributed by atoms with van der Waals surface area (Å²) in [5.74, 6) is 2.90. The van der Waals surface area contributed by atoms with Crippen LogP contribution in [0.3, 0.4) is 0 Å². The molecular formula is C27H57NO3. The van der Waals surface area contributed by atoms with Crippen LogP contribution in [0.15, 0.2) is 0 Å². The lowest BCUT2D eigenvalue weighted by Gasteiger charge is -2.15. The van der Waals surface area contributed by atoms with Gasteiger partial charge in [0.25, 0.3) is 0 Å². The molecule has 1 N–H and O–H groups in total. The Hall–Kier alpha value is -0.900. The van der Waals surface area contributed by atoms with Crippen LogP contribution >= 0.6 is 0 Å². The van der Waals surface area contributed by atoms with Gasteiger partial charge in [-0.1, -0.05) is 94.4 Å². The summed E-state index contributed by atoms with van der Waals surface area (Å²) in [5, 5.41) is 2.84. The Bertz CT molecular complexity index is 355. The standard InChI is InChI=1S/C11H24.C8H17NO.C6H10O2.C2H6/c1-5-10(3)8-7-9-11(4)6-2;1-4-5-8(10)9-6-7(2)3;7-5-6-1-3-8-4-2-6;1-2/h10-11H,5-9H2,1-4H3;7H,4-6H2,1-3H3,(H,9,10);5-6H,1-4H2;1-2H3. The molecule has 1 aliphatic rings. The normalized spacial score (nSPS) is 15.2.